The average molecular weight is 338 g/mol. The number of hydrogen-bond donors (Lipinski definition) is 1. The third-order valence-electron chi connectivity index (χ3n) is 7.49. The second kappa shape index (κ2) is 5.49. The van der Waals surface area contributed by atoms with Crippen molar-refractivity contribution in [1.82, 2.24) is 10.2 Å². The highest BCUT2D eigenvalue weighted by molar-refractivity contribution is 5.75. The summed E-state index contributed by atoms with van der Waals surface area (Å²) < 4.78 is 0. The molecule has 1 saturated heterocycles. The molecule has 134 valence electrons. The number of carbonyl (C=O) groups is 1. The SMILES string of the molecule is Cc1ccc(C23C[C@@H]4C[C@H](CC(NC(=O)N5CCCC5)(C4)C2)C3)cc1. The number of urea groups is 1. The molecule has 5 aliphatic rings. The van der Waals surface area contributed by atoms with Gasteiger partial charge in [-0.25, -0.2) is 4.79 Å². The summed E-state index contributed by atoms with van der Waals surface area (Å²) in [5.41, 5.74) is 3.21. The van der Waals surface area contributed by atoms with Crippen LogP contribution in [0.1, 0.15) is 62.5 Å². The van der Waals surface area contributed by atoms with Gasteiger partial charge in [0.1, 0.15) is 0 Å². The van der Waals surface area contributed by atoms with Crippen LogP contribution in [0.15, 0.2) is 24.3 Å². The van der Waals surface area contributed by atoms with Gasteiger partial charge in [-0.3, -0.25) is 0 Å². The van der Waals surface area contributed by atoms with Crippen LogP contribution in [-0.2, 0) is 5.41 Å². The predicted molar refractivity (Wildman–Crippen MR) is 99.6 cm³/mol. The van der Waals surface area contributed by atoms with Crippen molar-refractivity contribution in [3.05, 3.63) is 35.4 Å². The first-order valence-corrected chi connectivity index (χ1v) is 10.2. The van der Waals surface area contributed by atoms with Crippen LogP contribution in [0.4, 0.5) is 4.79 Å². The van der Waals surface area contributed by atoms with Crippen molar-refractivity contribution in [3.8, 4) is 0 Å². The summed E-state index contributed by atoms with van der Waals surface area (Å²) in [6, 6.07) is 9.46. The average Bonchev–Trinajstić information content (AvgIpc) is 3.08. The minimum atomic E-state index is 0.0502. The number of benzene rings is 1. The summed E-state index contributed by atoms with van der Waals surface area (Å²) in [5, 5.41) is 3.56. The summed E-state index contributed by atoms with van der Waals surface area (Å²) in [5.74, 6) is 1.59. The summed E-state index contributed by atoms with van der Waals surface area (Å²) in [7, 11) is 0. The van der Waals surface area contributed by atoms with Crippen molar-refractivity contribution in [2.24, 2.45) is 11.8 Å². The molecule has 25 heavy (non-hydrogen) atoms. The van der Waals surface area contributed by atoms with Crippen LogP contribution >= 0.6 is 0 Å². The van der Waals surface area contributed by atoms with E-state index in [0.29, 0.717) is 5.41 Å². The molecule has 1 aromatic carbocycles. The molecular formula is C22H30N2O. The molecule has 0 aromatic heterocycles. The summed E-state index contributed by atoms with van der Waals surface area (Å²) >= 11 is 0. The van der Waals surface area contributed by atoms with Gasteiger partial charge in [-0.15, -0.1) is 0 Å². The van der Waals surface area contributed by atoms with Crippen LogP contribution in [0.5, 0.6) is 0 Å². The molecule has 4 saturated carbocycles. The lowest BCUT2D eigenvalue weighted by molar-refractivity contribution is -0.0364. The highest BCUT2D eigenvalue weighted by atomic mass is 16.2. The van der Waals surface area contributed by atoms with Gasteiger partial charge in [0.05, 0.1) is 0 Å². The zero-order chi connectivity index (χ0) is 17.1. The molecule has 4 aliphatic carbocycles. The summed E-state index contributed by atoms with van der Waals surface area (Å²) in [4.78, 5) is 14.9. The highest BCUT2D eigenvalue weighted by Gasteiger charge is 2.58. The molecule has 0 unspecified atom stereocenters. The molecule has 1 heterocycles. The highest BCUT2D eigenvalue weighted by Crippen LogP contribution is 2.62. The number of rotatable bonds is 2. The van der Waals surface area contributed by atoms with Gasteiger partial charge in [-0.2, -0.15) is 0 Å². The van der Waals surface area contributed by atoms with Crippen LogP contribution in [0, 0.1) is 18.8 Å². The van der Waals surface area contributed by atoms with E-state index in [4.69, 9.17) is 0 Å². The van der Waals surface area contributed by atoms with Gasteiger partial charge in [0.25, 0.3) is 0 Å². The fourth-order valence-electron chi connectivity index (χ4n) is 6.88. The lowest BCUT2D eigenvalue weighted by atomic mass is 9.45. The predicted octanol–water partition coefficient (Wildman–Crippen LogP) is 4.39. The second-order valence-electron chi connectivity index (χ2n) is 9.51. The summed E-state index contributed by atoms with van der Waals surface area (Å²) in [6.07, 6.45) is 9.93. The minimum absolute atomic E-state index is 0.0502. The fraction of sp³-hybridized carbons (Fsp3) is 0.682. The molecule has 2 amide bonds. The van der Waals surface area contributed by atoms with Gasteiger partial charge in [-0.1, -0.05) is 29.8 Å². The molecule has 4 bridgehead atoms. The van der Waals surface area contributed by atoms with E-state index >= 15 is 0 Å². The van der Waals surface area contributed by atoms with E-state index in [1.807, 2.05) is 4.90 Å². The van der Waals surface area contributed by atoms with Crippen LogP contribution in [-0.4, -0.2) is 29.6 Å². The Kier molecular flexibility index (Phi) is 3.45. The van der Waals surface area contributed by atoms with Gasteiger partial charge in [0, 0.05) is 18.6 Å². The number of nitrogens with one attached hydrogen (secondary N) is 1. The molecule has 3 nitrogen and oxygen atoms in total. The topological polar surface area (TPSA) is 32.3 Å². The summed E-state index contributed by atoms with van der Waals surface area (Å²) in [6.45, 7) is 4.05. The Morgan fingerprint density at radius 2 is 1.68 bits per heavy atom. The molecule has 2 atom stereocenters. The molecule has 1 aliphatic heterocycles. The van der Waals surface area contributed by atoms with E-state index in [2.05, 4.69) is 36.5 Å². The number of hydrogen-bond acceptors (Lipinski definition) is 1. The monoisotopic (exact) mass is 338 g/mol. The standard InChI is InChI=1S/C22H30N2O/c1-16-4-6-19(7-5-16)21-11-17-10-18(12-21)14-22(13-17,15-21)23-20(25)24-8-2-3-9-24/h4-7,17-18H,2-3,8-15H2,1H3,(H,23,25)/t17-,18-,21?,22?/m0/s1. The first kappa shape index (κ1) is 15.7. The third-order valence-corrected chi connectivity index (χ3v) is 7.49. The maximum absolute atomic E-state index is 12.8. The number of amides is 2. The van der Waals surface area contributed by atoms with Crippen LogP contribution < -0.4 is 5.32 Å². The Hall–Kier alpha value is -1.51. The third kappa shape index (κ3) is 2.58. The van der Waals surface area contributed by atoms with Crippen molar-refractivity contribution >= 4 is 6.03 Å². The Bertz CT molecular complexity index is 660. The van der Waals surface area contributed by atoms with Crippen molar-refractivity contribution < 1.29 is 4.79 Å². The van der Waals surface area contributed by atoms with Crippen molar-refractivity contribution in [2.45, 2.75) is 69.2 Å². The van der Waals surface area contributed by atoms with E-state index < -0.39 is 0 Å². The molecular weight excluding hydrogens is 308 g/mol. The normalized spacial score (nSPS) is 39.0. The largest absolute Gasteiger partial charge is 0.333 e. The molecule has 6 rings (SSSR count). The van der Waals surface area contributed by atoms with Gasteiger partial charge in [0.15, 0.2) is 0 Å². The molecule has 0 radical (unpaired) electrons. The zero-order valence-electron chi connectivity index (χ0n) is 15.4. The van der Waals surface area contributed by atoms with Crippen molar-refractivity contribution in [1.29, 1.82) is 0 Å². The quantitative estimate of drug-likeness (QED) is 0.852. The molecule has 5 fully saturated rings. The molecule has 1 aromatic rings. The molecule has 1 N–H and O–H groups in total. The number of likely N-dealkylation sites (tertiary alicyclic amines) is 1. The first-order chi connectivity index (χ1) is 12.1. The second-order valence-corrected chi connectivity index (χ2v) is 9.51. The van der Waals surface area contributed by atoms with E-state index in [0.717, 1.165) is 31.3 Å². The number of aryl methyl sites for hydroxylation is 1. The van der Waals surface area contributed by atoms with Crippen molar-refractivity contribution in [3.63, 3.8) is 0 Å². The minimum Gasteiger partial charge on any atom is -0.333 e. The van der Waals surface area contributed by atoms with E-state index in [1.54, 1.807) is 0 Å². The van der Waals surface area contributed by atoms with Crippen LogP contribution in [0.3, 0.4) is 0 Å². The molecule has 0 spiro atoms. The van der Waals surface area contributed by atoms with Gasteiger partial charge >= 0.3 is 6.03 Å². The van der Waals surface area contributed by atoms with Gasteiger partial charge in [-0.05, 0) is 81.1 Å². The maximum Gasteiger partial charge on any atom is 0.317 e. The number of nitrogens with zero attached hydrogens (tertiary/aromatic N) is 1. The lowest BCUT2D eigenvalue weighted by Crippen LogP contribution is -2.65. The number of carbonyl (C=O) groups excluding carboxylic acids is 1. The van der Waals surface area contributed by atoms with Crippen molar-refractivity contribution in [2.75, 3.05) is 13.1 Å². The Morgan fingerprint density at radius 1 is 1.04 bits per heavy atom. The molecule has 3 heteroatoms. The smallest absolute Gasteiger partial charge is 0.317 e. The Morgan fingerprint density at radius 3 is 2.32 bits per heavy atom. The fourth-order valence-corrected chi connectivity index (χ4v) is 6.88. The van der Waals surface area contributed by atoms with E-state index in [9.17, 15) is 4.79 Å². The zero-order valence-corrected chi connectivity index (χ0v) is 15.4. The first-order valence-electron chi connectivity index (χ1n) is 10.2. The van der Waals surface area contributed by atoms with Gasteiger partial charge < -0.3 is 10.2 Å². The van der Waals surface area contributed by atoms with E-state index in [-0.39, 0.29) is 11.6 Å². The lowest BCUT2D eigenvalue weighted by Gasteiger charge is -2.62. The van der Waals surface area contributed by atoms with Gasteiger partial charge in [0.2, 0.25) is 0 Å². The van der Waals surface area contributed by atoms with E-state index in [1.165, 1.54) is 56.1 Å². The Balaban J connectivity index is 1.44. The maximum atomic E-state index is 12.8. The van der Waals surface area contributed by atoms with Crippen LogP contribution in [0.25, 0.3) is 0 Å². The van der Waals surface area contributed by atoms with Crippen LogP contribution in [0.2, 0.25) is 0 Å². The Labute approximate surface area is 151 Å².